The molecule has 0 aliphatic carbocycles. The molecule has 0 aromatic rings. The lowest BCUT2D eigenvalue weighted by molar-refractivity contribution is -0.140. The summed E-state index contributed by atoms with van der Waals surface area (Å²) < 4.78 is 62.4. The van der Waals surface area contributed by atoms with Crippen LogP contribution in [0.2, 0.25) is 0 Å². The normalized spacial score (nSPS) is 20.5. The van der Waals surface area contributed by atoms with Crippen LogP contribution >= 0.6 is 0 Å². The predicted octanol–water partition coefficient (Wildman–Crippen LogP) is -5.04. The third-order valence-electron chi connectivity index (χ3n) is 2.07. The topological polar surface area (TPSA) is 231 Å². The van der Waals surface area contributed by atoms with Crippen molar-refractivity contribution in [2.24, 2.45) is 0 Å². The summed E-state index contributed by atoms with van der Waals surface area (Å²) in [6, 6.07) is 0. The van der Waals surface area contributed by atoms with Crippen molar-refractivity contribution in [3.8, 4) is 0 Å². The number of hydrogen-bond acceptors (Lipinski definition) is 10. The number of aliphatic hydroxyl groups is 5. The van der Waals surface area contributed by atoms with E-state index in [0.29, 0.717) is 0 Å². The Morgan fingerprint density at radius 1 is 0.857 bits per heavy atom. The van der Waals surface area contributed by atoms with Gasteiger partial charge in [0.15, 0.2) is 0 Å². The van der Waals surface area contributed by atoms with Gasteiger partial charge in [-0.25, -0.2) is 4.18 Å². The molecule has 0 fully saturated rings. The maximum Gasteiger partial charge on any atom is 0.397 e. The minimum absolute atomic E-state index is 1.06. The lowest BCUT2D eigenvalue weighted by Gasteiger charge is -2.28. The molecule has 0 saturated heterocycles. The minimum Gasteiger partial charge on any atom is -0.388 e. The van der Waals surface area contributed by atoms with Crippen molar-refractivity contribution >= 4 is 20.7 Å². The second-order valence-electron chi connectivity index (χ2n) is 3.79. The van der Waals surface area contributed by atoms with E-state index in [0.717, 1.165) is 4.72 Å². The number of hydrogen-bond donors (Lipinski definition) is 8. The molecule has 128 valence electrons. The van der Waals surface area contributed by atoms with Gasteiger partial charge in [0, 0.05) is 0 Å². The highest BCUT2D eigenvalue weighted by molar-refractivity contribution is 7.83. The first-order chi connectivity index (χ1) is 9.24. The smallest absolute Gasteiger partial charge is 0.388 e. The van der Waals surface area contributed by atoms with Crippen molar-refractivity contribution in [3.63, 3.8) is 0 Å². The first-order valence-electron chi connectivity index (χ1n) is 5.01. The molecule has 5 atom stereocenters. The molecule has 15 heteroatoms. The van der Waals surface area contributed by atoms with Gasteiger partial charge in [-0.1, -0.05) is 0 Å². The molecular weight excluding hydrogens is 342 g/mol. The molecule has 8 N–H and O–H groups in total. The highest BCUT2D eigenvalue weighted by Crippen LogP contribution is 2.09. The van der Waals surface area contributed by atoms with E-state index in [1.165, 1.54) is 0 Å². The summed E-state index contributed by atoms with van der Waals surface area (Å²) in [6.07, 6.45) is -11.6. The quantitative estimate of drug-likeness (QED) is 0.143. The zero-order valence-electron chi connectivity index (χ0n) is 10.1. The van der Waals surface area contributed by atoms with Crippen molar-refractivity contribution in [1.29, 1.82) is 0 Å². The number of rotatable bonds is 9. The molecule has 0 bridgehead atoms. The van der Waals surface area contributed by atoms with Gasteiger partial charge in [-0.15, -0.1) is 0 Å². The van der Waals surface area contributed by atoms with Gasteiger partial charge in [-0.05, 0) is 0 Å². The molecule has 0 radical (unpaired) electrons. The van der Waals surface area contributed by atoms with Crippen LogP contribution in [0, 0.1) is 0 Å². The summed E-state index contributed by atoms with van der Waals surface area (Å²) in [5.74, 6) is 0. The zero-order chi connectivity index (χ0) is 17.0. The van der Waals surface area contributed by atoms with E-state index in [2.05, 4.69) is 4.18 Å². The van der Waals surface area contributed by atoms with E-state index in [1.807, 2.05) is 0 Å². The van der Waals surface area contributed by atoms with Gasteiger partial charge >= 0.3 is 20.7 Å². The molecule has 0 amide bonds. The molecule has 0 aliphatic rings. The molecule has 0 aliphatic heterocycles. The Bertz CT molecular complexity index is 516. The van der Waals surface area contributed by atoms with Crippen molar-refractivity contribution in [2.45, 2.75) is 30.6 Å². The summed E-state index contributed by atoms with van der Waals surface area (Å²) in [4.78, 5) is 0. The minimum atomic E-state index is -4.93. The van der Waals surface area contributed by atoms with Crippen molar-refractivity contribution in [3.05, 3.63) is 0 Å². The molecule has 0 saturated carbocycles. The Hall–Kier alpha value is -0.460. The van der Waals surface area contributed by atoms with E-state index >= 15 is 0 Å². The Balaban J connectivity index is 4.64. The predicted molar refractivity (Wildman–Crippen MR) is 62.2 cm³/mol. The SMILES string of the molecule is O=S(=O)(O)NC(O)[C@H](O)[C@@H](O)[C@H](O)[C@H](O)COS(=O)(=O)O. The van der Waals surface area contributed by atoms with Crippen LogP contribution < -0.4 is 4.72 Å². The lowest BCUT2D eigenvalue weighted by Crippen LogP contribution is -2.54. The molecule has 0 rings (SSSR count). The van der Waals surface area contributed by atoms with E-state index in [1.54, 1.807) is 0 Å². The molecule has 0 spiro atoms. The second kappa shape index (κ2) is 7.70. The fourth-order valence-electron chi connectivity index (χ4n) is 1.09. The number of aliphatic hydroxyl groups excluding tert-OH is 5. The van der Waals surface area contributed by atoms with Gasteiger partial charge in [0.2, 0.25) is 0 Å². The second-order valence-corrected chi connectivity index (χ2v) is 6.07. The largest absolute Gasteiger partial charge is 0.397 e. The van der Waals surface area contributed by atoms with Crippen molar-refractivity contribution in [1.82, 2.24) is 4.72 Å². The van der Waals surface area contributed by atoms with Gasteiger partial charge < -0.3 is 25.5 Å². The van der Waals surface area contributed by atoms with Gasteiger partial charge in [0.05, 0.1) is 6.61 Å². The van der Waals surface area contributed by atoms with Crippen LogP contribution in [0.25, 0.3) is 0 Å². The summed E-state index contributed by atoms with van der Waals surface area (Å²) in [5.41, 5.74) is 0. The molecule has 0 heterocycles. The number of nitrogens with one attached hydrogen (secondary N) is 1. The van der Waals surface area contributed by atoms with Gasteiger partial charge in [0.25, 0.3) is 0 Å². The monoisotopic (exact) mass is 357 g/mol. The molecule has 21 heavy (non-hydrogen) atoms. The third-order valence-corrected chi connectivity index (χ3v) is 3.05. The highest BCUT2D eigenvalue weighted by Gasteiger charge is 2.36. The average Bonchev–Trinajstić information content (AvgIpc) is 2.30. The van der Waals surface area contributed by atoms with Gasteiger partial charge in [0.1, 0.15) is 30.6 Å². The Kier molecular flexibility index (Phi) is 7.53. The summed E-state index contributed by atoms with van der Waals surface area (Å²) in [7, 11) is -9.86. The molecule has 13 nitrogen and oxygen atoms in total. The molecular formula is C6H15NO12S2. The van der Waals surface area contributed by atoms with Crippen LogP contribution in [0.5, 0.6) is 0 Å². The fraction of sp³-hybridized carbons (Fsp3) is 1.00. The van der Waals surface area contributed by atoms with E-state index in [4.69, 9.17) is 14.2 Å². The Labute approximate surface area is 119 Å². The van der Waals surface area contributed by atoms with E-state index in [9.17, 15) is 37.3 Å². The maximum absolute atomic E-state index is 10.4. The third kappa shape index (κ3) is 8.53. The Morgan fingerprint density at radius 3 is 1.71 bits per heavy atom. The van der Waals surface area contributed by atoms with Crippen LogP contribution in [0.1, 0.15) is 0 Å². The standard InChI is InChI=1S/C6H15NO12S2/c8-2(1-19-21(16,17)18)3(9)4(10)5(11)6(12)7-20(13,14)15/h2-12H,1H2,(H,13,14,15)(H,16,17,18)/t2-,3-,4+,5-,6?/m1/s1. The van der Waals surface area contributed by atoms with Crippen LogP contribution in [0.3, 0.4) is 0 Å². The molecule has 0 aromatic carbocycles. The van der Waals surface area contributed by atoms with Gasteiger partial charge in [-0.2, -0.15) is 21.6 Å². The molecule has 1 unspecified atom stereocenters. The van der Waals surface area contributed by atoms with E-state index in [-0.39, 0.29) is 0 Å². The van der Waals surface area contributed by atoms with Crippen LogP contribution in [0.4, 0.5) is 0 Å². The first kappa shape index (κ1) is 20.5. The van der Waals surface area contributed by atoms with Gasteiger partial charge in [-0.3, -0.25) is 9.11 Å². The summed E-state index contributed by atoms with van der Waals surface area (Å²) in [5, 5.41) is 46.3. The summed E-state index contributed by atoms with van der Waals surface area (Å²) in [6.45, 7) is -1.20. The fourth-order valence-corrected chi connectivity index (χ4v) is 1.85. The lowest BCUT2D eigenvalue weighted by atomic mass is 10.0. The average molecular weight is 357 g/mol. The van der Waals surface area contributed by atoms with Crippen molar-refractivity contribution in [2.75, 3.05) is 6.61 Å². The van der Waals surface area contributed by atoms with Crippen molar-refractivity contribution < 1.29 is 55.7 Å². The maximum atomic E-state index is 10.4. The van der Waals surface area contributed by atoms with Crippen LogP contribution in [-0.2, 0) is 24.9 Å². The van der Waals surface area contributed by atoms with Crippen LogP contribution in [-0.4, -0.2) is 88.7 Å². The van der Waals surface area contributed by atoms with Crippen LogP contribution in [0.15, 0.2) is 0 Å². The first-order valence-corrected chi connectivity index (χ1v) is 7.82. The molecule has 0 aromatic heterocycles. The summed E-state index contributed by atoms with van der Waals surface area (Å²) >= 11 is 0. The highest BCUT2D eigenvalue weighted by atomic mass is 32.3. The zero-order valence-corrected chi connectivity index (χ0v) is 11.7. The van der Waals surface area contributed by atoms with E-state index < -0.39 is 58.0 Å². The Morgan fingerprint density at radius 2 is 1.33 bits per heavy atom.